The molecule has 1 aromatic heterocycles. The van der Waals surface area contributed by atoms with Gasteiger partial charge in [0.1, 0.15) is 11.9 Å². The highest BCUT2D eigenvalue weighted by molar-refractivity contribution is 5.78. The molecule has 1 aliphatic rings. The summed E-state index contributed by atoms with van der Waals surface area (Å²) in [7, 11) is 0. The molecule has 0 unspecified atom stereocenters. The molecule has 5 nitrogen and oxygen atoms in total. The number of piperidine rings is 1. The third-order valence-corrected chi connectivity index (χ3v) is 4.16. The molecule has 0 saturated carbocycles. The zero-order valence-electron chi connectivity index (χ0n) is 14.2. The van der Waals surface area contributed by atoms with Crippen LogP contribution in [-0.4, -0.2) is 40.0 Å². The lowest BCUT2D eigenvalue weighted by Crippen LogP contribution is -2.45. The van der Waals surface area contributed by atoms with E-state index < -0.39 is 0 Å². The van der Waals surface area contributed by atoms with E-state index in [-0.39, 0.29) is 12.0 Å². The largest absolute Gasteiger partial charge is 0.472 e. The van der Waals surface area contributed by atoms with Crippen LogP contribution in [0.25, 0.3) is 0 Å². The maximum atomic E-state index is 12.5. The van der Waals surface area contributed by atoms with Gasteiger partial charge in [0.15, 0.2) is 0 Å². The number of aromatic nitrogens is 2. The van der Waals surface area contributed by atoms with Crippen molar-refractivity contribution in [3.8, 4) is 5.88 Å². The van der Waals surface area contributed by atoms with Crippen LogP contribution in [0.1, 0.15) is 29.9 Å². The van der Waals surface area contributed by atoms with Crippen molar-refractivity contribution in [3.63, 3.8) is 0 Å². The van der Waals surface area contributed by atoms with Crippen LogP contribution in [0, 0.1) is 13.8 Å². The van der Waals surface area contributed by atoms with E-state index in [9.17, 15) is 4.79 Å². The zero-order valence-corrected chi connectivity index (χ0v) is 14.2. The Morgan fingerprint density at radius 3 is 2.79 bits per heavy atom. The molecule has 0 bridgehead atoms. The lowest BCUT2D eigenvalue weighted by Gasteiger charge is -2.32. The fraction of sp³-hybridized carbons (Fsp3) is 0.421. The molecule has 0 spiro atoms. The maximum Gasteiger partial charge on any atom is 0.227 e. The van der Waals surface area contributed by atoms with E-state index in [1.807, 2.05) is 55.1 Å². The third-order valence-electron chi connectivity index (χ3n) is 4.16. The van der Waals surface area contributed by atoms with E-state index in [2.05, 4.69) is 9.97 Å². The first-order valence-electron chi connectivity index (χ1n) is 8.41. The van der Waals surface area contributed by atoms with E-state index in [0.717, 1.165) is 30.6 Å². The van der Waals surface area contributed by atoms with Crippen LogP contribution in [0.5, 0.6) is 5.88 Å². The zero-order chi connectivity index (χ0) is 16.9. The van der Waals surface area contributed by atoms with Crippen LogP contribution in [0.4, 0.5) is 0 Å². The third kappa shape index (κ3) is 4.31. The summed E-state index contributed by atoms with van der Waals surface area (Å²) in [5, 5.41) is 0. The summed E-state index contributed by atoms with van der Waals surface area (Å²) in [5.41, 5.74) is 1.94. The molecule has 5 heteroatoms. The molecular formula is C19H23N3O2. The number of hydrogen-bond donors (Lipinski definition) is 0. The first kappa shape index (κ1) is 16.4. The lowest BCUT2D eigenvalue weighted by molar-refractivity contribution is -0.133. The molecule has 1 fully saturated rings. The number of amides is 1. The molecule has 1 saturated heterocycles. The molecule has 2 aromatic rings. The number of aryl methyl sites for hydroxylation is 2. The molecule has 1 atom stereocenters. The number of nitrogens with zero attached hydrogens (tertiary/aromatic N) is 3. The summed E-state index contributed by atoms with van der Waals surface area (Å²) in [6, 6.07) is 11.7. The van der Waals surface area contributed by atoms with Crippen molar-refractivity contribution in [2.75, 3.05) is 13.1 Å². The first-order chi connectivity index (χ1) is 11.6. The van der Waals surface area contributed by atoms with E-state index >= 15 is 0 Å². The first-order valence-corrected chi connectivity index (χ1v) is 8.41. The van der Waals surface area contributed by atoms with Crippen LogP contribution in [0.2, 0.25) is 0 Å². The van der Waals surface area contributed by atoms with Gasteiger partial charge in [0, 0.05) is 18.3 Å². The number of ether oxygens (including phenoxy) is 1. The van der Waals surface area contributed by atoms with Gasteiger partial charge >= 0.3 is 0 Å². The van der Waals surface area contributed by atoms with Crippen LogP contribution in [0.3, 0.4) is 0 Å². The standard InChI is InChI=1S/C19H23N3O2/c1-14-11-18(21-15(2)20-14)24-17-9-6-10-22(13-17)19(23)12-16-7-4-3-5-8-16/h3-5,7-8,11,17H,6,9-10,12-13H2,1-2H3/t17-/m1/s1. The fourth-order valence-corrected chi connectivity index (χ4v) is 3.06. The summed E-state index contributed by atoms with van der Waals surface area (Å²) in [4.78, 5) is 23.0. The Balaban J connectivity index is 1.60. The second-order valence-electron chi connectivity index (χ2n) is 6.28. The number of rotatable bonds is 4. The van der Waals surface area contributed by atoms with Gasteiger partial charge < -0.3 is 9.64 Å². The molecular weight excluding hydrogens is 302 g/mol. The van der Waals surface area contributed by atoms with E-state index in [1.54, 1.807) is 0 Å². The monoisotopic (exact) mass is 325 g/mol. The summed E-state index contributed by atoms with van der Waals surface area (Å²) in [6.45, 7) is 5.20. The fourth-order valence-electron chi connectivity index (χ4n) is 3.06. The summed E-state index contributed by atoms with van der Waals surface area (Å²) < 4.78 is 6.00. The summed E-state index contributed by atoms with van der Waals surface area (Å²) in [5.74, 6) is 1.46. The molecule has 3 rings (SSSR count). The molecule has 1 amide bonds. The van der Waals surface area contributed by atoms with Gasteiger partial charge in [0.05, 0.1) is 13.0 Å². The number of carbonyl (C=O) groups excluding carboxylic acids is 1. The average molecular weight is 325 g/mol. The average Bonchev–Trinajstić information content (AvgIpc) is 2.55. The Hall–Kier alpha value is -2.43. The normalized spacial score (nSPS) is 17.6. The number of benzene rings is 1. The molecule has 126 valence electrons. The van der Waals surface area contributed by atoms with Gasteiger partial charge in [-0.1, -0.05) is 30.3 Å². The lowest BCUT2D eigenvalue weighted by atomic mass is 10.1. The second-order valence-corrected chi connectivity index (χ2v) is 6.28. The van der Waals surface area contributed by atoms with Crippen LogP contribution < -0.4 is 4.74 Å². The Labute approximate surface area is 142 Å². The minimum Gasteiger partial charge on any atom is -0.472 e. The predicted octanol–water partition coefficient (Wildman–Crippen LogP) is 2.71. The summed E-state index contributed by atoms with van der Waals surface area (Å²) in [6.07, 6.45) is 2.33. The molecule has 2 heterocycles. The van der Waals surface area contributed by atoms with Crippen molar-refractivity contribution < 1.29 is 9.53 Å². The van der Waals surface area contributed by atoms with Crippen LogP contribution >= 0.6 is 0 Å². The Morgan fingerprint density at radius 2 is 2.04 bits per heavy atom. The Bertz CT molecular complexity index is 683. The van der Waals surface area contributed by atoms with Crippen LogP contribution in [0.15, 0.2) is 36.4 Å². The number of likely N-dealkylation sites (tertiary alicyclic amines) is 1. The highest BCUT2D eigenvalue weighted by Gasteiger charge is 2.25. The number of hydrogen-bond acceptors (Lipinski definition) is 4. The predicted molar refractivity (Wildman–Crippen MR) is 91.9 cm³/mol. The van der Waals surface area contributed by atoms with Gasteiger partial charge in [-0.3, -0.25) is 4.79 Å². The Morgan fingerprint density at radius 1 is 1.25 bits per heavy atom. The molecule has 0 radical (unpaired) electrons. The van der Waals surface area contributed by atoms with E-state index in [0.29, 0.717) is 24.7 Å². The SMILES string of the molecule is Cc1cc(O[C@@H]2CCCN(C(=O)Cc3ccccc3)C2)nc(C)n1. The van der Waals surface area contributed by atoms with Crippen molar-refractivity contribution in [3.05, 3.63) is 53.5 Å². The molecule has 24 heavy (non-hydrogen) atoms. The van der Waals surface area contributed by atoms with Crippen LogP contribution in [-0.2, 0) is 11.2 Å². The van der Waals surface area contributed by atoms with Crippen molar-refractivity contribution in [1.82, 2.24) is 14.9 Å². The van der Waals surface area contributed by atoms with Gasteiger partial charge in [0.2, 0.25) is 11.8 Å². The Kier molecular flexibility index (Phi) is 5.08. The topological polar surface area (TPSA) is 55.3 Å². The molecule has 1 aromatic carbocycles. The van der Waals surface area contributed by atoms with Gasteiger partial charge in [-0.15, -0.1) is 0 Å². The minimum atomic E-state index is -0.00725. The van der Waals surface area contributed by atoms with Gasteiger partial charge in [-0.2, -0.15) is 4.98 Å². The maximum absolute atomic E-state index is 12.5. The smallest absolute Gasteiger partial charge is 0.227 e. The molecule has 0 N–H and O–H groups in total. The van der Waals surface area contributed by atoms with Crippen molar-refractivity contribution >= 4 is 5.91 Å². The van der Waals surface area contributed by atoms with Gasteiger partial charge in [-0.25, -0.2) is 4.98 Å². The minimum absolute atomic E-state index is 0.00725. The van der Waals surface area contributed by atoms with Gasteiger partial charge in [-0.05, 0) is 32.3 Å². The van der Waals surface area contributed by atoms with E-state index in [1.165, 1.54) is 0 Å². The van der Waals surface area contributed by atoms with Crippen molar-refractivity contribution in [1.29, 1.82) is 0 Å². The quantitative estimate of drug-likeness (QED) is 0.867. The highest BCUT2D eigenvalue weighted by Crippen LogP contribution is 2.18. The summed E-state index contributed by atoms with van der Waals surface area (Å²) >= 11 is 0. The van der Waals surface area contributed by atoms with E-state index in [4.69, 9.17) is 4.74 Å². The van der Waals surface area contributed by atoms with Crippen molar-refractivity contribution in [2.45, 2.75) is 39.2 Å². The highest BCUT2D eigenvalue weighted by atomic mass is 16.5. The van der Waals surface area contributed by atoms with Gasteiger partial charge in [0.25, 0.3) is 0 Å². The molecule has 0 aliphatic carbocycles. The second kappa shape index (κ2) is 7.43. The number of carbonyl (C=O) groups is 1. The molecule has 1 aliphatic heterocycles. The van der Waals surface area contributed by atoms with Crippen molar-refractivity contribution in [2.24, 2.45) is 0 Å².